The standard InChI is InChI=1S/C24H28F2N4O4S/c25-23-7-4-19(12-24(23)26)33-11-1-9-29-14-20-16-30(17-21(15-29)34-20)10-8-28-35(31,32)22-5-2-18(13-27)3-6-22/h2-7,12,20-21,28H,1,8-11,14-17H2. The van der Waals surface area contributed by atoms with Gasteiger partial charge in [-0.3, -0.25) is 9.80 Å². The molecule has 1 N–H and O–H groups in total. The van der Waals surface area contributed by atoms with Crippen molar-refractivity contribution in [2.24, 2.45) is 0 Å². The molecule has 188 valence electrons. The Bertz CT molecular complexity index is 1140. The van der Waals surface area contributed by atoms with Gasteiger partial charge in [-0.05, 0) is 42.8 Å². The first-order chi connectivity index (χ1) is 16.8. The fourth-order valence-corrected chi connectivity index (χ4v) is 5.42. The van der Waals surface area contributed by atoms with Crippen LogP contribution in [0.2, 0.25) is 0 Å². The molecule has 2 aliphatic rings. The highest BCUT2D eigenvalue weighted by molar-refractivity contribution is 7.89. The van der Waals surface area contributed by atoms with Gasteiger partial charge in [-0.15, -0.1) is 0 Å². The van der Waals surface area contributed by atoms with Crippen molar-refractivity contribution in [3.63, 3.8) is 0 Å². The monoisotopic (exact) mass is 506 g/mol. The molecule has 35 heavy (non-hydrogen) atoms. The fourth-order valence-electron chi connectivity index (χ4n) is 4.40. The lowest BCUT2D eigenvalue weighted by Crippen LogP contribution is -2.60. The molecule has 0 spiro atoms. The summed E-state index contributed by atoms with van der Waals surface area (Å²) in [6.45, 7) is 5.06. The van der Waals surface area contributed by atoms with Gasteiger partial charge in [-0.1, -0.05) is 0 Å². The lowest BCUT2D eigenvalue weighted by molar-refractivity contribution is -0.138. The molecule has 2 heterocycles. The number of sulfonamides is 1. The van der Waals surface area contributed by atoms with Crippen LogP contribution in [-0.2, 0) is 14.8 Å². The van der Waals surface area contributed by atoms with Gasteiger partial charge in [-0.25, -0.2) is 21.9 Å². The van der Waals surface area contributed by atoms with Crippen molar-refractivity contribution in [3.05, 3.63) is 59.7 Å². The number of benzene rings is 2. The highest BCUT2D eigenvalue weighted by Crippen LogP contribution is 2.20. The molecule has 0 aromatic heterocycles. The Hall–Kier alpha value is -2.62. The molecule has 2 aromatic rings. The van der Waals surface area contributed by atoms with Crippen LogP contribution >= 0.6 is 0 Å². The molecule has 8 nitrogen and oxygen atoms in total. The van der Waals surface area contributed by atoms with Gasteiger partial charge in [-0.2, -0.15) is 5.26 Å². The topological polar surface area (TPSA) is 94.9 Å². The van der Waals surface area contributed by atoms with Crippen LogP contribution < -0.4 is 9.46 Å². The average Bonchev–Trinajstić information content (AvgIpc) is 2.83. The Labute approximate surface area is 204 Å². The zero-order valence-electron chi connectivity index (χ0n) is 19.2. The van der Waals surface area contributed by atoms with Crippen molar-refractivity contribution in [2.45, 2.75) is 23.5 Å². The first kappa shape index (κ1) is 25.5. The number of ether oxygens (including phenoxy) is 2. The van der Waals surface area contributed by atoms with Gasteiger partial charge in [0.1, 0.15) is 5.75 Å². The summed E-state index contributed by atoms with van der Waals surface area (Å²) in [5.74, 6) is -1.50. The van der Waals surface area contributed by atoms with Crippen molar-refractivity contribution in [2.75, 3.05) is 52.4 Å². The van der Waals surface area contributed by atoms with Gasteiger partial charge in [0, 0.05) is 51.9 Å². The largest absolute Gasteiger partial charge is 0.493 e. The summed E-state index contributed by atoms with van der Waals surface area (Å²) in [5, 5.41) is 8.85. The highest BCUT2D eigenvalue weighted by Gasteiger charge is 2.34. The molecular formula is C24H28F2N4O4S. The second-order valence-electron chi connectivity index (χ2n) is 8.71. The van der Waals surface area contributed by atoms with E-state index in [0.717, 1.165) is 51.3 Å². The minimum absolute atomic E-state index is 0.0461. The molecule has 2 unspecified atom stereocenters. The molecule has 0 aliphatic carbocycles. The Morgan fingerprint density at radius 1 is 1.00 bits per heavy atom. The van der Waals surface area contributed by atoms with Crippen LogP contribution in [0.4, 0.5) is 8.78 Å². The van der Waals surface area contributed by atoms with E-state index in [0.29, 0.717) is 24.5 Å². The molecule has 2 atom stereocenters. The van der Waals surface area contributed by atoms with E-state index in [1.165, 1.54) is 30.3 Å². The summed E-state index contributed by atoms with van der Waals surface area (Å²) in [5.41, 5.74) is 0.411. The van der Waals surface area contributed by atoms with E-state index in [9.17, 15) is 17.2 Å². The van der Waals surface area contributed by atoms with E-state index in [4.69, 9.17) is 14.7 Å². The molecule has 11 heteroatoms. The van der Waals surface area contributed by atoms with Crippen molar-refractivity contribution < 1.29 is 26.7 Å². The number of fused-ring (bicyclic) bond motifs is 2. The van der Waals surface area contributed by atoms with E-state index in [-0.39, 0.29) is 23.6 Å². The molecule has 2 fully saturated rings. The predicted molar refractivity (Wildman–Crippen MR) is 124 cm³/mol. The zero-order valence-corrected chi connectivity index (χ0v) is 20.0. The third kappa shape index (κ3) is 6.96. The van der Waals surface area contributed by atoms with E-state index in [1.54, 1.807) is 0 Å². The summed E-state index contributed by atoms with van der Waals surface area (Å²) >= 11 is 0. The lowest BCUT2D eigenvalue weighted by atomic mass is 10.1. The summed E-state index contributed by atoms with van der Waals surface area (Å²) in [7, 11) is -3.63. The maximum Gasteiger partial charge on any atom is 0.240 e. The third-order valence-corrected chi connectivity index (χ3v) is 7.50. The van der Waals surface area contributed by atoms with Crippen LogP contribution in [-0.4, -0.2) is 82.8 Å². The average molecular weight is 507 g/mol. The van der Waals surface area contributed by atoms with Crippen molar-refractivity contribution >= 4 is 10.0 Å². The predicted octanol–water partition coefficient (Wildman–Crippen LogP) is 1.97. The van der Waals surface area contributed by atoms with Crippen LogP contribution in [0.25, 0.3) is 0 Å². The minimum Gasteiger partial charge on any atom is -0.493 e. The number of halogens is 2. The molecule has 2 aliphatic heterocycles. The van der Waals surface area contributed by atoms with E-state index in [2.05, 4.69) is 14.5 Å². The first-order valence-electron chi connectivity index (χ1n) is 11.5. The van der Waals surface area contributed by atoms with Gasteiger partial charge in [0.15, 0.2) is 11.6 Å². The summed E-state index contributed by atoms with van der Waals surface area (Å²) in [4.78, 5) is 4.67. The third-order valence-electron chi connectivity index (χ3n) is 6.02. The Balaban J connectivity index is 1.16. The van der Waals surface area contributed by atoms with Crippen molar-refractivity contribution in [3.8, 4) is 11.8 Å². The zero-order chi connectivity index (χ0) is 24.8. The number of morpholine rings is 2. The second-order valence-corrected chi connectivity index (χ2v) is 10.5. The van der Waals surface area contributed by atoms with Crippen LogP contribution in [0.3, 0.4) is 0 Å². The lowest BCUT2D eigenvalue weighted by Gasteiger charge is -2.45. The molecule has 2 saturated heterocycles. The minimum atomic E-state index is -3.63. The van der Waals surface area contributed by atoms with Crippen molar-refractivity contribution in [1.29, 1.82) is 5.26 Å². The molecule has 0 amide bonds. The van der Waals surface area contributed by atoms with Gasteiger partial charge in [0.25, 0.3) is 0 Å². The van der Waals surface area contributed by atoms with Crippen LogP contribution in [0.15, 0.2) is 47.4 Å². The SMILES string of the molecule is N#Cc1ccc(S(=O)(=O)NCCN2CC3CN(CCCOc4ccc(F)c(F)c4)CC(C2)O3)cc1. The highest BCUT2D eigenvalue weighted by atomic mass is 32.2. The number of rotatable bonds is 10. The van der Waals surface area contributed by atoms with E-state index < -0.39 is 21.7 Å². The van der Waals surface area contributed by atoms with Crippen LogP contribution in [0.5, 0.6) is 5.75 Å². The Kier molecular flexibility index (Phi) is 8.30. The maximum atomic E-state index is 13.3. The Morgan fingerprint density at radius 3 is 2.29 bits per heavy atom. The van der Waals surface area contributed by atoms with Crippen LogP contribution in [0.1, 0.15) is 12.0 Å². The molecule has 2 bridgehead atoms. The molecule has 4 rings (SSSR count). The van der Waals surface area contributed by atoms with Gasteiger partial charge >= 0.3 is 0 Å². The quantitative estimate of drug-likeness (QED) is 0.493. The second kappa shape index (κ2) is 11.4. The maximum absolute atomic E-state index is 13.3. The van der Waals surface area contributed by atoms with E-state index in [1.807, 2.05) is 6.07 Å². The number of nitrogens with zero attached hydrogens (tertiary/aromatic N) is 3. The smallest absolute Gasteiger partial charge is 0.240 e. The molecular weight excluding hydrogens is 478 g/mol. The normalized spacial score (nSPS) is 20.9. The van der Waals surface area contributed by atoms with Gasteiger partial charge in [0.2, 0.25) is 10.0 Å². The first-order valence-corrected chi connectivity index (χ1v) is 13.0. The molecule has 0 saturated carbocycles. The Morgan fingerprint density at radius 2 is 1.66 bits per heavy atom. The number of hydrogen-bond donors (Lipinski definition) is 1. The van der Waals surface area contributed by atoms with Crippen LogP contribution in [0, 0.1) is 23.0 Å². The molecule has 0 radical (unpaired) electrons. The van der Waals surface area contributed by atoms with Crippen molar-refractivity contribution in [1.82, 2.24) is 14.5 Å². The van der Waals surface area contributed by atoms with E-state index >= 15 is 0 Å². The number of nitriles is 1. The summed E-state index contributed by atoms with van der Waals surface area (Å²) in [6, 6.07) is 11.3. The fraction of sp³-hybridized carbons (Fsp3) is 0.458. The summed E-state index contributed by atoms with van der Waals surface area (Å²) in [6.07, 6.45) is 0.841. The van der Waals surface area contributed by atoms with Gasteiger partial charge < -0.3 is 9.47 Å². The molecule has 2 aromatic carbocycles. The number of nitrogens with one attached hydrogen (secondary N) is 1. The number of hydrogen-bond acceptors (Lipinski definition) is 7. The summed E-state index contributed by atoms with van der Waals surface area (Å²) < 4.78 is 65.4. The van der Waals surface area contributed by atoms with Gasteiger partial charge in [0.05, 0.1) is 35.3 Å².